The van der Waals surface area contributed by atoms with Gasteiger partial charge in [-0.15, -0.1) is 0 Å². The molecule has 0 bridgehead atoms. The Morgan fingerprint density at radius 1 is 1.15 bits per heavy atom. The summed E-state index contributed by atoms with van der Waals surface area (Å²) in [6.07, 6.45) is 7.35. The highest BCUT2D eigenvalue weighted by atomic mass is 35.5. The minimum Gasteiger partial charge on any atom is -0.298 e. The van der Waals surface area contributed by atoms with Gasteiger partial charge < -0.3 is 0 Å². The topological polar surface area (TPSA) is 34.9 Å². The van der Waals surface area contributed by atoms with Crippen LogP contribution in [0.15, 0.2) is 24.4 Å². The minimum absolute atomic E-state index is 0.400. The lowest BCUT2D eigenvalue weighted by Crippen LogP contribution is -2.04. The van der Waals surface area contributed by atoms with Gasteiger partial charge in [-0.3, -0.25) is 9.48 Å². The molecule has 0 N–H and O–H groups in total. The number of rotatable bonds is 3. The first-order valence-corrected chi connectivity index (χ1v) is 7.44. The zero-order valence-corrected chi connectivity index (χ0v) is 12.4. The maximum absolute atomic E-state index is 11.3. The van der Waals surface area contributed by atoms with Crippen molar-refractivity contribution in [1.29, 1.82) is 0 Å². The third-order valence-electron chi connectivity index (χ3n) is 3.72. The van der Waals surface area contributed by atoms with Crippen molar-refractivity contribution in [2.75, 3.05) is 0 Å². The van der Waals surface area contributed by atoms with Crippen LogP contribution >= 0.6 is 23.2 Å². The van der Waals surface area contributed by atoms with Crippen molar-refractivity contribution in [3.05, 3.63) is 40.0 Å². The molecule has 0 spiro atoms. The third-order valence-corrected chi connectivity index (χ3v) is 4.16. The predicted molar refractivity (Wildman–Crippen MR) is 80.6 cm³/mol. The molecule has 20 heavy (non-hydrogen) atoms. The van der Waals surface area contributed by atoms with E-state index in [2.05, 4.69) is 5.10 Å². The van der Waals surface area contributed by atoms with Crippen LogP contribution in [0.5, 0.6) is 0 Å². The highest BCUT2D eigenvalue weighted by Crippen LogP contribution is 2.32. The van der Waals surface area contributed by atoms with Crippen molar-refractivity contribution >= 4 is 29.5 Å². The lowest BCUT2D eigenvalue weighted by atomic mass is 10.1. The Hall–Kier alpha value is -1.32. The second-order valence-corrected chi connectivity index (χ2v) is 6.00. The largest absolute Gasteiger partial charge is 0.298 e. The molecule has 0 radical (unpaired) electrons. The first-order chi connectivity index (χ1) is 9.67. The third kappa shape index (κ3) is 2.60. The van der Waals surface area contributed by atoms with Gasteiger partial charge in [0, 0.05) is 21.8 Å². The second-order valence-electron chi connectivity index (χ2n) is 5.13. The van der Waals surface area contributed by atoms with Gasteiger partial charge in [0.05, 0.1) is 11.6 Å². The van der Waals surface area contributed by atoms with Crippen molar-refractivity contribution in [3.63, 3.8) is 0 Å². The van der Waals surface area contributed by atoms with Gasteiger partial charge in [0.25, 0.3) is 0 Å². The van der Waals surface area contributed by atoms with E-state index in [9.17, 15) is 4.79 Å². The summed E-state index contributed by atoms with van der Waals surface area (Å²) in [5.41, 5.74) is 2.01. The number of carbonyl (C=O) groups excluding carboxylic acids is 1. The van der Waals surface area contributed by atoms with E-state index in [0.29, 0.717) is 27.3 Å². The van der Waals surface area contributed by atoms with Gasteiger partial charge in [0.15, 0.2) is 6.29 Å². The van der Waals surface area contributed by atoms with Crippen LogP contribution < -0.4 is 0 Å². The van der Waals surface area contributed by atoms with Gasteiger partial charge >= 0.3 is 0 Å². The van der Waals surface area contributed by atoms with Crippen LogP contribution in [0, 0.1) is 0 Å². The molecule has 104 valence electrons. The number of halogens is 2. The highest BCUT2D eigenvalue weighted by Gasteiger charge is 2.20. The Morgan fingerprint density at radius 2 is 1.80 bits per heavy atom. The van der Waals surface area contributed by atoms with Gasteiger partial charge in [-0.25, -0.2) is 0 Å². The summed E-state index contributed by atoms with van der Waals surface area (Å²) in [5, 5.41) is 5.67. The summed E-state index contributed by atoms with van der Waals surface area (Å²) in [7, 11) is 0. The summed E-state index contributed by atoms with van der Waals surface area (Å²) in [6.45, 7) is 0. The second kappa shape index (κ2) is 5.58. The normalized spacial score (nSPS) is 15.7. The first kappa shape index (κ1) is 13.7. The molecule has 2 aromatic rings. The molecule has 1 aliphatic rings. The molecule has 0 unspecified atom stereocenters. The van der Waals surface area contributed by atoms with E-state index in [1.165, 1.54) is 12.8 Å². The Bertz CT molecular complexity index is 625. The van der Waals surface area contributed by atoms with Crippen molar-refractivity contribution in [2.45, 2.75) is 31.7 Å². The average Bonchev–Trinajstić information content (AvgIpc) is 3.06. The van der Waals surface area contributed by atoms with E-state index < -0.39 is 0 Å². The van der Waals surface area contributed by atoms with Gasteiger partial charge in [-0.1, -0.05) is 36.0 Å². The quantitative estimate of drug-likeness (QED) is 0.764. The molecule has 1 aromatic carbocycles. The summed E-state index contributed by atoms with van der Waals surface area (Å²) < 4.78 is 1.92. The van der Waals surface area contributed by atoms with Crippen LogP contribution in [0.2, 0.25) is 10.0 Å². The molecule has 0 atom stereocenters. The van der Waals surface area contributed by atoms with E-state index in [1.54, 1.807) is 18.2 Å². The van der Waals surface area contributed by atoms with Crippen molar-refractivity contribution in [1.82, 2.24) is 9.78 Å². The fraction of sp³-hybridized carbons (Fsp3) is 0.333. The number of benzene rings is 1. The zero-order chi connectivity index (χ0) is 14.1. The van der Waals surface area contributed by atoms with E-state index in [4.69, 9.17) is 23.2 Å². The average molecular weight is 309 g/mol. The fourth-order valence-corrected chi connectivity index (χ4v) is 3.29. The number of aromatic nitrogens is 2. The van der Waals surface area contributed by atoms with Crippen LogP contribution in [0.3, 0.4) is 0 Å². The number of hydrogen-bond acceptors (Lipinski definition) is 2. The lowest BCUT2D eigenvalue weighted by Gasteiger charge is -2.08. The number of nitrogens with zero attached hydrogens (tertiary/aromatic N) is 2. The van der Waals surface area contributed by atoms with Crippen molar-refractivity contribution in [3.8, 4) is 11.3 Å². The molecule has 1 saturated carbocycles. The number of hydrogen-bond donors (Lipinski definition) is 0. The summed E-state index contributed by atoms with van der Waals surface area (Å²) >= 11 is 12.0. The molecule has 3 nitrogen and oxygen atoms in total. The molecule has 3 rings (SSSR count). The van der Waals surface area contributed by atoms with E-state index in [0.717, 1.165) is 24.7 Å². The molecule has 1 aromatic heterocycles. The Kier molecular flexibility index (Phi) is 3.81. The van der Waals surface area contributed by atoms with E-state index in [-0.39, 0.29) is 0 Å². The van der Waals surface area contributed by atoms with Crippen LogP contribution in [-0.2, 0) is 0 Å². The molecular weight excluding hydrogens is 295 g/mol. The molecule has 1 fully saturated rings. The molecule has 0 aliphatic heterocycles. The summed E-state index contributed by atoms with van der Waals surface area (Å²) in [6, 6.07) is 5.63. The number of aldehydes is 1. The van der Waals surface area contributed by atoms with Crippen LogP contribution in [0.25, 0.3) is 11.3 Å². The number of carbonyl (C=O) groups is 1. The molecular formula is C15H14Cl2N2O. The Labute approximate surface area is 127 Å². The van der Waals surface area contributed by atoms with Crippen LogP contribution in [-0.4, -0.2) is 16.1 Å². The van der Waals surface area contributed by atoms with Crippen molar-refractivity contribution < 1.29 is 4.79 Å². The molecule has 1 heterocycles. The smallest absolute Gasteiger partial charge is 0.153 e. The van der Waals surface area contributed by atoms with E-state index >= 15 is 0 Å². The first-order valence-electron chi connectivity index (χ1n) is 6.68. The SMILES string of the molecule is O=Cc1cn(C2CCCC2)nc1-c1cc(Cl)cc(Cl)c1. The Morgan fingerprint density at radius 3 is 2.40 bits per heavy atom. The van der Waals surface area contributed by atoms with Crippen LogP contribution in [0.4, 0.5) is 0 Å². The maximum Gasteiger partial charge on any atom is 0.153 e. The highest BCUT2D eigenvalue weighted by molar-refractivity contribution is 6.35. The lowest BCUT2D eigenvalue weighted by molar-refractivity contribution is 0.112. The van der Waals surface area contributed by atoms with Gasteiger partial charge in [0.2, 0.25) is 0 Å². The minimum atomic E-state index is 0.400. The van der Waals surface area contributed by atoms with Gasteiger partial charge in [-0.2, -0.15) is 5.10 Å². The Balaban J connectivity index is 2.05. The summed E-state index contributed by atoms with van der Waals surface area (Å²) in [5.74, 6) is 0. The standard InChI is InChI=1S/C15H14Cl2N2O/c16-12-5-10(6-13(17)7-12)15-11(9-20)8-19(18-15)14-3-1-2-4-14/h5-9,14H,1-4H2. The molecule has 1 aliphatic carbocycles. The fourth-order valence-electron chi connectivity index (χ4n) is 2.76. The maximum atomic E-state index is 11.3. The molecule has 0 saturated heterocycles. The predicted octanol–water partition coefficient (Wildman–Crippen LogP) is 4.78. The van der Waals surface area contributed by atoms with E-state index in [1.807, 2.05) is 10.9 Å². The van der Waals surface area contributed by atoms with Crippen molar-refractivity contribution in [2.24, 2.45) is 0 Å². The monoisotopic (exact) mass is 308 g/mol. The molecule has 0 amide bonds. The van der Waals surface area contributed by atoms with Gasteiger partial charge in [0.1, 0.15) is 5.69 Å². The van der Waals surface area contributed by atoms with Gasteiger partial charge in [-0.05, 0) is 31.0 Å². The van der Waals surface area contributed by atoms with Crippen LogP contribution in [0.1, 0.15) is 42.1 Å². The zero-order valence-electron chi connectivity index (χ0n) is 10.9. The molecule has 5 heteroatoms. The summed E-state index contributed by atoms with van der Waals surface area (Å²) in [4.78, 5) is 11.3.